The lowest BCUT2D eigenvalue weighted by Gasteiger charge is -2.32. The standard InChI is InChI=1S/C21H27FN8O/c1-25-16-5-2-3-6-17(16)29-21-15(22)11-14(19(24)31)20(30-21)28-13-7-8-18(27-12-13)26-10-4-9-23/h4,7-12,16-17,23,25H,2-3,5-6H2,1H3,(H2,24,31)(H,26,27)(H2,28,29,30)/b10-4-,23-9?/t16-,17+/m0/s1. The molecule has 2 atom stereocenters. The number of primary amides is 1. The molecule has 0 bridgehead atoms. The van der Waals surface area contributed by atoms with Crippen LogP contribution in [-0.4, -0.2) is 41.2 Å². The molecule has 1 fully saturated rings. The summed E-state index contributed by atoms with van der Waals surface area (Å²) >= 11 is 0. The first-order chi connectivity index (χ1) is 15.0. The van der Waals surface area contributed by atoms with Crippen LogP contribution in [0.2, 0.25) is 0 Å². The third-order valence-electron chi connectivity index (χ3n) is 5.15. The largest absolute Gasteiger partial charge is 0.365 e. The molecule has 7 N–H and O–H groups in total. The van der Waals surface area contributed by atoms with Crippen LogP contribution < -0.4 is 27.0 Å². The van der Waals surface area contributed by atoms with Gasteiger partial charge in [-0.05, 0) is 44.2 Å². The van der Waals surface area contributed by atoms with Crippen molar-refractivity contribution in [2.45, 2.75) is 37.8 Å². The summed E-state index contributed by atoms with van der Waals surface area (Å²) in [5.41, 5.74) is 5.95. The van der Waals surface area contributed by atoms with Gasteiger partial charge in [0, 0.05) is 24.5 Å². The Morgan fingerprint density at radius 3 is 2.68 bits per heavy atom. The van der Waals surface area contributed by atoms with Crippen LogP contribution in [0, 0.1) is 11.2 Å². The van der Waals surface area contributed by atoms with E-state index in [1.165, 1.54) is 6.08 Å². The highest BCUT2D eigenvalue weighted by atomic mass is 19.1. The van der Waals surface area contributed by atoms with Crippen LogP contribution in [0.5, 0.6) is 0 Å². The molecular weight excluding hydrogens is 399 g/mol. The topological polar surface area (TPSA) is 141 Å². The van der Waals surface area contributed by atoms with Gasteiger partial charge in [0.2, 0.25) is 0 Å². The Morgan fingerprint density at radius 1 is 1.26 bits per heavy atom. The van der Waals surface area contributed by atoms with Crippen molar-refractivity contribution in [2.75, 3.05) is 23.0 Å². The number of allylic oxidation sites excluding steroid dienone is 1. The fraction of sp³-hybridized carbons (Fsp3) is 0.333. The number of nitrogens with two attached hydrogens (primary N) is 1. The molecule has 1 saturated carbocycles. The second-order valence-electron chi connectivity index (χ2n) is 7.24. The molecule has 0 unspecified atom stereocenters. The van der Waals surface area contributed by atoms with Gasteiger partial charge < -0.3 is 32.4 Å². The average Bonchev–Trinajstić information content (AvgIpc) is 2.77. The van der Waals surface area contributed by atoms with Gasteiger partial charge in [0.25, 0.3) is 5.91 Å². The number of aromatic nitrogens is 2. The molecule has 1 aliphatic carbocycles. The quantitative estimate of drug-likeness (QED) is 0.339. The van der Waals surface area contributed by atoms with Gasteiger partial charge in [-0.15, -0.1) is 0 Å². The number of nitrogens with zero attached hydrogens (tertiary/aromatic N) is 2. The number of carbonyl (C=O) groups is 1. The zero-order chi connectivity index (χ0) is 22.2. The number of hydrogen-bond acceptors (Lipinski definition) is 8. The van der Waals surface area contributed by atoms with Gasteiger partial charge in [-0.1, -0.05) is 12.8 Å². The van der Waals surface area contributed by atoms with Crippen LogP contribution >= 0.6 is 0 Å². The van der Waals surface area contributed by atoms with Crippen molar-refractivity contribution in [1.82, 2.24) is 15.3 Å². The minimum atomic E-state index is -0.783. The Hall–Kier alpha value is -3.53. The number of carbonyl (C=O) groups excluding carboxylic acids is 1. The summed E-state index contributed by atoms with van der Waals surface area (Å²) in [6.45, 7) is 0. The molecule has 1 aliphatic rings. The van der Waals surface area contributed by atoms with Crippen molar-refractivity contribution in [2.24, 2.45) is 5.73 Å². The molecule has 9 nitrogen and oxygen atoms in total. The number of halogens is 1. The number of hydrogen-bond donors (Lipinski definition) is 6. The van der Waals surface area contributed by atoms with E-state index in [1.54, 1.807) is 24.5 Å². The molecule has 10 heteroatoms. The fourth-order valence-electron chi connectivity index (χ4n) is 3.57. The summed E-state index contributed by atoms with van der Waals surface area (Å²) in [6.07, 6.45) is 9.88. The van der Waals surface area contributed by atoms with Crippen molar-refractivity contribution in [3.8, 4) is 0 Å². The Bertz CT molecular complexity index is 947. The molecule has 3 rings (SSSR count). The van der Waals surface area contributed by atoms with E-state index in [0.717, 1.165) is 38.0 Å². The molecular formula is C21H27FN8O. The zero-order valence-electron chi connectivity index (χ0n) is 17.3. The van der Waals surface area contributed by atoms with Gasteiger partial charge in [-0.2, -0.15) is 0 Å². The predicted molar refractivity (Wildman–Crippen MR) is 121 cm³/mol. The fourth-order valence-corrected chi connectivity index (χ4v) is 3.57. The summed E-state index contributed by atoms with van der Waals surface area (Å²) in [5, 5.41) is 19.3. The van der Waals surface area contributed by atoms with Crippen molar-refractivity contribution in [1.29, 1.82) is 5.41 Å². The summed E-state index contributed by atoms with van der Waals surface area (Å²) < 4.78 is 14.7. The van der Waals surface area contributed by atoms with Crippen molar-refractivity contribution >= 4 is 35.3 Å². The van der Waals surface area contributed by atoms with Crippen LogP contribution in [0.3, 0.4) is 0 Å². The highest BCUT2D eigenvalue weighted by molar-refractivity contribution is 5.98. The van der Waals surface area contributed by atoms with E-state index in [0.29, 0.717) is 11.5 Å². The molecule has 31 heavy (non-hydrogen) atoms. The van der Waals surface area contributed by atoms with E-state index >= 15 is 0 Å². The third-order valence-corrected chi connectivity index (χ3v) is 5.15. The van der Waals surface area contributed by atoms with Crippen molar-refractivity contribution < 1.29 is 9.18 Å². The third kappa shape index (κ3) is 5.76. The molecule has 2 aromatic heterocycles. The monoisotopic (exact) mass is 426 g/mol. The molecule has 0 aliphatic heterocycles. The molecule has 164 valence electrons. The molecule has 0 aromatic carbocycles. The summed E-state index contributed by atoms with van der Waals surface area (Å²) in [7, 11) is 1.89. The maximum absolute atomic E-state index is 14.7. The zero-order valence-corrected chi connectivity index (χ0v) is 17.3. The van der Waals surface area contributed by atoms with E-state index in [1.807, 2.05) is 7.05 Å². The van der Waals surface area contributed by atoms with Gasteiger partial charge in [-0.25, -0.2) is 14.4 Å². The first-order valence-electron chi connectivity index (χ1n) is 10.1. The van der Waals surface area contributed by atoms with Crippen LogP contribution in [0.4, 0.5) is 27.5 Å². The van der Waals surface area contributed by atoms with Crippen LogP contribution in [0.1, 0.15) is 36.0 Å². The maximum atomic E-state index is 14.7. The highest BCUT2D eigenvalue weighted by Crippen LogP contribution is 2.27. The number of likely N-dealkylation sites (N-methyl/N-ethyl adjacent to an activating group) is 1. The molecule has 1 amide bonds. The summed E-state index contributed by atoms with van der Waals surface area (Å²) in [6, 6.07) is 4.79. The lowest BCUT2D eigenvalue weighted by atomic mass is 9.90. The lowest BCUT2D eigenvalue weighted by molar-refractivity contribution is 0.100. The number of pyridine rings is 2. The molecule has 2 aromatic rings. The van der Waals surface area contributed by atoms with Crippen LogP contribution in [0.15, 0.2) is 36.7 Å². The van der Waals surface area contributed by atoms with Crippen LogP contribution in [0.25, 0.3) is 0 Å². The summed E-state index contributed by atoms with van der Waals surface area (Å²) in [5.74, 6) is -0.615. The van der Waals surface area contributed by atoms with Crippen LogP contribution in [-0.2, 0) is 0 Å². The Morgan fingerprint density at radius 2 is 2.03 bits per heavy atom. The van der Waals surface area contributed by atoms with E-state index < -0.39 is 11.7 Å². The Balaban J connectivity index is 1.82. The first kappa shape index (κ1) is 22.2. The van der Waals surface area contributed by atoms with Gasteiger partial charge in [-0.3, -0.25) is 4.79 Å². The number of anilines is 4. The van der Waals surface area contributed by atoms with Crippen molar-refractivity contribution in [3.05, 3.63) is 48.1 Å². The lowest BCUT2D eigenvalue weighted by Crippen LogP contribution is -2.45. The van der Waals surface area contributed by atoms with Gasteiger partial charge in [0.15, 0.2) is 11.6 Å². The first-order valence-corrected chi connectivity index (χ1v) is 10.1. The van der Waals surface area contributed by atoms with Gasteiger partial charge in [0.05, 0.1) is 17.4 Å². The normalized spacial score (nSPS) is 18.5. The highest BCUT2D eigenvalue weighted by Gasteiger charge is 2.26. The number of amides is 1. The van der Waals surface area contributed by atoms with E-state index in [-0.39, 0.29) is 29.3 Å². The van der Waals surface area contributed by atoms with E-state index in [4.69, 9.17) is 11.1 Å². The van der Waals surface area contributed by atoms with Gasteiger partial charge in [0.1, 0.15) is 11.6 Å². The van der Waals surface area contributed by atoms with Gasteiger partial charge >= 0.3 is 0 Å². The Kier molecular flexibility index (Phi) is 7.50. The smallest absolute Gasteiger partial charge is 0.252 e. The minimum Gasteiger partial charge on any atom is -0.365 e. The summed E-state index contributed by atoms with van der Waals surface area (Å²) in [4.78, 5) is 20.4. The van der Waals surface area contributed by atoms with E-state index in [9.17, 15) is 9.18 Å². The Labute approximate surface area is 180 Å². The molecule has 0 spiro atoms. The number of rotatable bonds is 9. The molecule has 2 heterocycles. The SMILES string of the molecule is CN[C@H]1CCCC[C@H]1Nc1nc(Nc2ccc(N/C=C\C=N)nc2)c(C(N)=O)cc1F. The molecule has 0 radical (unpaired) electrons. The number of nitrogens with one attached hydrogen (secondary N) is 5. The average molecular weight is 427 g/mol. The van der Waals surface area contributed by atoms with Crippen molar-refractivity contribution in [3.63, 3.8) is 0 Å². The minimum absolute atomic E-state index is 0.0362. The van der Waals surface area contributed by atoms with E-state index in [2.05, 4.69) is 31.2 Å². The molecule has 0 saturated heterocycles. The second kappa shape index (κ2) is 10.5. The predicted octanol–water partition coefficient (Wildman–Crippen LogP) is 2.98. The second-order valence-corrected chi connectivity index (χ2v) is 7.24. The maximum Gasteiger partial charge on any atom is 0.252 e.